The normalized spacial score (nSPS) is 15.3. The van der Waals surface area contributed by atoms with Crippen LogP contribution in [0.5, 0.6) is 0 Å². The van der Waals surface area contributed by atoms with E-state index in [9.17, 15) is 10.1 Å². The molecule has 0 atom stereocenters. The SMILES string of the molecule is N#C/C(=C\c1ccn(C2CCCC2)c1)C(=O)Nc1ccccc1. The smallest absolute Gasteiger partial charge is 0.266 e. The third kappa shape index (κ3) is 3.70. The van der Waals surface area contributed by atoms with Gasteiger partial charge in [-0.05, 0) is 42.7 Å². The molecule has 0 radical (unpaired) electrons. The lowest BCUT2D eigenvalue weighted by Gasteiger charge is -2.10. The molecule has 0 aliphatic heterocycles. The Morgan fingerprint density at radius 3 is 2.65 bits per heavy atom. The van der Waals surface area contributed by atoms with Gasteiger partial charge in [0.05, 0.1) is 0 Å². The topological polar surface area (TPSA) is 57.8 Å². The third-order valence-corrected chi connectivity index (χ3v) is 4.19. The fraction of sp³-hybridized carbons (Fsp3) is 0.263. The van der Waals surface area contributed by atoms with Crippen molar-refractivity contribution in [1.29, 1.82) is 5.26 Å². The minimum atomic E-state index is -0.382. The third-order valence-electron chi connectivity index (χ3n) is 4.19. The Labute approximate surface area is 136 Å². The highest BCUT2D eigenvalue weighted by molar-refractivity contribution is 6.09. The molecule has 1 aliphatic rings. The van der Waals surface area contributed by atoms with Crippen molar-refractivity contribution in [1.82, 2.24) is 4.57 Å². The summed E-state index contributed by atoms with van der Waals surface area (Å²) in [6.45, 7) is 0. The van der Waals surface area contributed by atoms with E-state index in [1.54, 1.807) is 18.2 Å². The van der Waals surface area contributed by atoms with Gasteiger partial charge in [0.15, 0.2) is 0 Å². The lowest BCUT2D eigenvalue weighted by Crippen LogP contribution is -2.13. The number of carbonyl (C=O) groups is 1. The van der Waals surface area contributed by atoms with Gasteiger partial charge >= 0.3 is 0 Å². The second-order valence-corrected chi connectivity index (χ2v) is 5.82. The summed E-state index contributed by atoms with van der Waals surface area (Å²) in [4.78, 5) is 12.2. The van der Waals surface area contributed by atoms with E-state index in [1.165, 1.54) is 25.7 Å². The van der Waals surface area contributed by atoms with Crippen molar-refractivity contribution in [3.05, 3.63) is 59.9 Å². The first-order valence-corrected chi connectivity index (χ1v) is 7.92. The highest BCUT2D eigenvalue weighted by Crippen LogP contribution is 2.30. The predicted octanol–water partition coefficient (Wildman–Crippen LogP) is 4.15. The first kappa shape index (κ1) is 15.1. The Morgan fingerprint density at radius 2 is 1.96 bits per heavy atom. The van der Waals surface area contributed by atoms with Gasteiger partial charge in [-0.15, -0.1) is 0 Å². The highest BCUT2D eigenvalue weighted by atomic mass is 16.1. The lowest BCUT2D eigenvalue weighted by molar-refractivity contribution is -0.112. The molecule has 116 valence electrons. The van der Waals surface area contributed by atoms with Crippen LogP contribution < -0.4 is 5.32 Å². The van der Waals surface area contributed by atoms with Crippen LogP contribution in [0, 0.1) is 11.3 Å². The Hall–Kier alpha value is -2.80. The molecule has 23 heavy (non-hydrogen) atoms. The molecular weight excluding hydrogens is 286 g/mol. The first-order chi connectivity index (χ1) is 11.3. The molecule has 1 N–H and O–H groups in total. The molecule has 1 aromatic carbocycles. The van der Waals surface area contributed by atoms with Crippen molar-refractivity contribution in [2.45, 2.75) is 31.7 Å². The van der Waals surface area contributed by atoms with Crippen molar-refractivity contribution in [2.24, 2.45) is 0 Å². The molecule has 2 aromatic rings. The first-order valence-electron chi connectivity index (χ1n) is 7.92. The molecule has 1 amide bonds. The Balaban J connectivity index is 1.73. The van der Waals surface area contributed by atoms with E-state index in [-0.39, 0.29) is 11.5 Å². The van der Waals surface area contributed by atoms with Gasteiger partial charge in [-0.2, -0.15) is 5.26 Å². The summed E-state index contributed by atoms with van der Waals surface area (Å²) in [6, 6.07) is 13.6. The molecule has 0 saturated heterocycles. The Morgan fingerprint density at radius 1 is 1.22 bits per heavy atom. The largest absolute Gasteiger partial charge is 0.351 e. The average Bonchev–Trinajstić information content (AvgIpc) is 3.24. The maximum atomic E-state index is 12.2. The summed E-state index contributed by atoms with van der Waals surface area (Å²) in [5.74, 6) is -0.382. The van der Waals surface area contributed by atoms with Crippen molar-refractivity contribution in [2.75, 3.05) is 5.32 Å². The summed E-state index contributed by atoms with van der Waals surface area (Å²) in [5, 5.41) is 12.0. The van der Waals surface area contributed by atoms with Crippen molar-refractivity contribution >= 4 is 17.7 Å². The number of aromatic nitrogens is 1. The maximum absolute atomic E-state index is 12.2. The summed E-state index contributed by atoms with van der Waals surface area (Å²) in [7, 11) is 0. The van der Waals surface area contributed by atoms with Gasteiger partial charge in [0.25, 0.3) is 5.91 Å². The van der Waals surface area contributed by atoms with Crippen LogP contribution in [0.25, 0.3) is 6.08 Å². The van der Waals surface area contributed by atoms with Crippen LogP contribution in [-0.4, -0.2) is 10.5 Å². The van der Waals surface area contributed by atoms with Gasteiger partial charge in [0, 0.05) is 24.1 Å². The van der Waals surface area contributed by atoms with Crippen molar-refractivity contribution in [3.63, 3.8) is 0 Å². The van der Waals surface area contributed by atoms with E-state index in [1.807, 2.05) is 42.7 Å². The zero-order chi connectivity index (χ0) is 16.1. The van der Waals surface area contributed by atoms with Gasteiger partial charge < -0.3 is 9.88 Å². The standard InChI is InChI=1S/C19H19N3O/c20-13-16(19(23)21-17-6-2-1-3-7-17)12-15-10-11-22(14-15)18-8-4-5-9-18/h1-3,6-7,10-12,14,18H,4-5,8-9H2,(H,21,23)/b16-12+. The molecular formula is C19H19N3O. The lowest BCUT2D eigenvalue weighted by atomic mass is 10.2. The van der Waals surface area contributed by atoms with E-state index in [0.29, 0.717) is 11.7 Å². The van der Waals surface area contributed by atoms with Crippen LogP contribution in [0.4, 0.5) is 5.69 Å². The van der Waals surface area contributed by atoms with E-state index in [0.717, 1.165) is 5.56 Å². The Kier molecular flexibility index (Phi) is 4.58. The number of benzene rings is 1. The fourth-order valence-corrected chi connectivity index (χ4v) is 2.98. The van der Waals surface area contributed by atoms with Gasteiger partial charge in [-0.3, -0.25) is 4.79 Å². The van der Waals surface area contributed by atoms with E-state index >= 15 is 0 Å². The monoisotopic (exact) mass is 305 g/mol. The quantitative estimate of drug-likeness (QED) is 0.681. The number of anilines is 1. The number of para-hydroxylation sites is 1. The fourth-order valence-electron chi connectivity index (χ4n) is 2.98. The van der Waals surface area contributed by atoms with E-state index in [2.05, 4.69) is 9.88 Å². The zero-order valence-corrected chi connectivity index (χ0v) is 12.9. The number of hydrogen-bond donors (Lipinski definition) is 1. The predicted molar refractivity (Wildman–Crippen MR) is 90.6 cm³/mol. The number of hydrogen-bond acceptors (Lipinski definition) is 2. The summed E-state index contributed by atoms with van der Waals surface area (Å²) < 4.78 is 2.20. The van der Waals surface area contributed by atoms with Crippen LogP contribution in [0.2, 0.25) is 0 Å². The zero-order valence-electron chi connectivity index (χ0n) is 12.9. The second-order valence-electron chi connectivity index (χ2n) is 5.82. The minimum Gasteiger partial charge on any atom is -0.351 e. The number of nitriles is 1. The van der Waals surface area contributed by atoms with Crippen LogP contribution in [-0.2, 0) is 4.79 Å². The molecule has 1 fully saturated rings. The molecule has 0 unspecified atom stereocenters. The summed E-state index contributed by atoms with van der Waals surface area (Å²) in [5.41, 5.74) is 1.68. The average molecular weight is 305 g/mol. The number of carbonyl (C=O) groups excluding carboxylic acids is 1. The van der Waals surface area contributed by atoms with Gasteiger partial charge in [0.1, 0.15) is 11.6 Å². The van der Waals surface area contributed by atoms with Crippen molar-refractivity contribution < 1.29 is 4.79 Å². The van der Waals surface area contributed by atoms with Crippen LogP contribution in [0.1, 0.15) is 37.3 Å². The van der Waals surface area contributed by atoms with E-state index in [4.69, 9.17) is 0 Å². The second kappa shape index (κ2) is 6.97. The Bertz CT molecular complexity index is 746. The van der Waals surface area contributed by atoms with Crippen LogP contribution in [0.15, 0.2) is 54.4 Å². The molecule has 0 bridgehead atoms. The van der Waals surface area contributed by atoms with Crippen molar-refractivity contribution in [3.8, 4) is 6.07 Å². The molecule has 1 aromatic heterocycles. The molecule has 1 saturated carbocycles. The summed E-state index contributed by atoms with van der Waals surface area (Å²) in [6.07, 6.45) is 10.7. The number of nitrogens with one attached hydrogen (secondary N) is 1. The molecule has 0 spiro atoms. The molecule has 1 aliphatic carbocycles. The number of rotatable bonds is 4. The minimum absolute atomic E-state index is 0.109. The molecule has 4 heteroatoms. The van der Waals surface area contributed by atoms with Crippen LogP contribution in [0.3, 0.4) is 0 Å². The van der Waals surface area contributed by atoms with Crippen LogP contribution >= 0.6 is 0 Å². The maximum Gasteiger partial charge on any atom is 0.266 e. The van der Waals surface area contributed by atoms with Gasteiger partial charge in [0.2, 0.25) is 0 Å². The molecule has 1 heterocycles. The highest BCUT2D eigenvalue weighted by Gasteiger charge is 2.16. The molecule has 3 rings (SSSR count). The molecule has 4 nitrogen and oxygen atoms in total. The van der Waals surface area contributed by atoms with E-state index < -0.39 is 0 Å². The number of amides is 1. The van der Waals surface area contributed by atoms with Gasteiger partial charge in [-0.25, -0.2) is 0 Å². The van der Waals surface area contributed by atoms with Gasteiger partial charge in [-0.1, -0.05) is 31.0 Å². The summed E-state index contributed by atoms with van der Waals surface area (Å²) >= 11 is 0. The number of nitrogens with zero attached hydrogens (tertiary/aromatic N) is 2.